The normalized spacial score (nSPS) is 12.3. The number of H-pyrrole nitrogens is 1. The number of halogens is 5. The largest absolute Gasteiger partial charge is 0.438 e. The lowest BCUT2D eigenvalue weighted by Gasteiger charge is -2.15. The number of hydrogen-bond acceptors (Lipinski definition) is 5. The molecule has 5 rings (SSSR count). The zero-order valence-electron chi connectivity index (χ0n) is 21.2. The molecule has 13 heteroatoms. The predicted octanol–water partition coefficient (Wildman–Crippen LogP) is 6.62. The molecule has 1 amide bonds. The van der Waals surface area contributed by atoms with Crippen LogP contribution >= 0.6 is 23.2 Å². The van der Waals surface area contributed by atoms with Crippen LogP contribution in [0.25, 0.3) is 16.9 Å². The van der Waals surface area contributed by atoms with Crippen LogP contribution in [0.1, 0.15) is 46.0 Å². The molecule has 0 bridgehead atoms. The average molecular weight is 602 g/mol. The van der Waals surface area contributed by atoms with Gasteiger partial charge in [-0.1, -0.05) is 64.8 Å². The molecule has 2 aromatic heterocycles. The second kappa shape index (κ2) is 11.3. The van der Waals surface area contributed by atoms with Gasteiger partial charge in [-0.15, -0.1) is 0 Å². The number of para-hydroxylation sites is 1. The summed E-state index contributed by atoms with van der Waals surface area (Å²) in [5.74, 6) is -1.23. The van der Waals surface area contributed by atoms with Crippen molar-refractivity contribution in [2.45, 2.75) is 25.6 Å². The predicted molar refractivity (Wildman–Crippen MR) is 146 cm³/mol. The second-order valence-corrected chi connectivity index (χ2v) is 9.92. The number of aromatic amines is 1. The fraction of sp³-hybridized carbons (Fsp3) is 0.143. The monoisotopic (exact) mass is 601 g/mol. The first kappa shape index (κ1) is 28.2. The minimum absolute atomic E-state index is 0.0162. The molecule has 2 N–H and O–H groups in total. The van der Waals surface area contributed by atoms with Gasteiger partial charge in [-0.2, -0.15) is 18.3 Å². The van der Waals surface area contributed by atoms with Crippen molar-refractivity contribution >= 4 is 29.1 Å². The summed E-state index contributed by atoms with van der Waals surface area (Å²) in [7, 11) is 0. The maximum atomic E-state index is 13.7. The van der Waals surface area contributed by atoms with Crippen LogP contribution in [0.4, 0.5) is 13.2 Å². The number of carbonyl (C=O) groups is 1. The number of nitrogens with one attached hydrogen (secondary N) is 2. The van der Waals surface area contributed by atoms with E-state index in [4.69, 9.17) is 23.2 Å². The fourth-order valence-corrected chi connectivity index (χ4v) is 4.66. The van der Waals surface area contributed by atoms with E-state index in [1.807, 2.05) is 0 Å². The van der Waals surface area contributed by atoms with Crippen molar-refractivity contribution in [1.29, 1.82) is 0 Å². The van der Waals surface area contributed by atoms with Gasteiger partial charge >= 0.3 is 11.9 Å². The van der Waals surface area contributed by atoms with E-state index in [1.165, 1.54) is 16.8 Å². The Bertz CT molecular complexity index is 1760. The van der Waals surface area contributed by atoms with Crippen molar-refractivity contribution in [3.05, 3.63) is 122 Å². The quantitative estimate of drug-likeness (QED) is 0.218. The molecule has 5 aromatic rings. The smallest absolute Gasteiger partial charge is 0.344 e. The highest BCUT2D eigenvalue weighted by Crippen LogP contribution is 2.34. The number of hydrogen-bond donors (Lipinski definition) is 2. The SMILES string of the molecule is C[C@@H](NC(=O)c1nn(-c2ccccc2Cl)c(-c2ccc(Cl)cc2)c1Cc1noc(=O)[nH]1)c1ccc(C(F)(F)F)cc1. The second-order valence-electron chi connectivity index (χ2n) is 9.08. The van der Waals surface area contributed by atoms with Gasteiger partial charge in [-0.05, 0) is 48.9 Å². The van der Waals surface area contributed by atoms with Crippen molar-refractivity contribution in [3.63, 3.8) is 0 Å². The summed E-state index contributed by atoms with van der Waals surface area (Å²) < 4.78 is 45.2. The van der Waals surface area contributed by atoms with Gasteiger partial charge in [-0.25, -0.2) is 9.48 Å². The Balaban J connectivity index is 1.62. The standard InChI is InChI=1S/C28H20Cl2F3N5O3/c1-15(16-6-10-18(11-7-16)28(31,32)33)34-26(39)24-20(14-23-35-27(40)41-37-23)25(17-8-12-19(29)13-9-17)38(36-24)22-5-3-2-4-21(22)30/h2-13,15H,14H2,1H3,(H,34,39)(H,35,37,40)/t15-/m1/s1. The van der Waals surface area contributed by atoms with Crippen LogP contribution in [0, 0.1) is 0 Å². The van der Waals surface area contributed by atoms with Gasteiger partial charge < -0.3 is 5.32 Å². The molecule has 0 unspecified atom stereocenters. The van der Waals surface area contributed by atoms with Gasteiger partial charge in [0.25, 0.3) is 5.91 Å². The zero-order valence-corrected chi connectivity index (χ0v) is 22.7. The Labute approximate surface area is 240 Å². The summed E-state index contributed by atoms with van der Waals surface area (Å²) in [6.45, 7) is 1.64. The lowest BCUT2D eigenvalue weighted by molar-refractivity contribution is -0.137. The van der Waals surface area contributed by atoms with Gasteiger partial charge in [0.15, 0.2) is 11.5 Å². The number of benzene rings is 3. The van der Waals surface area contributed by atoms with Crippen LogP contribution in [-0.4, -0.2) is 25.8 Å². The van der Waals surface area contributed by atoms with E-state index in [1.54, 1.807) is 55.5 Å². The topological polar surface area (TPSA) is 106 Å². The van der Waals surface area contributed by atoms with E-state index in [0.29, 0.717) is 38.1 Å². The lowest BCUT2D eigenvalue weighted by atomic mass is 10.0. The highest BCUT2D eigenvalue weighted by Gasteiger charge is 2.31. The summed E-state index contributed by atoms with van der Waals surface area (Å²) >= 11 is 12.6. The Morgan fingerprint density at radius 1 is 1.05 bits per heavy atom. The molecule has 41 heavy (non-hydrogen) atoms. The van der Waals surface area contributed by atoms with Crippen molar-refractivity contribution in [1.82, 2.24) is 25.2 Å². The van der Waals surface area contributed by atoms with E-state index in [0.717, 1.165) is 12.1 Å². The van der Waals surface area contributed by atoms with Crippen LogP contribution < -0.4 is 11.1 Å². The first-order valence-corrected chi connectivity index (χ1v) is 12.9. The van der Waals surface area contributed by atoms with E-state index in [2.05, 4.69) is 25.1 Å². The summed E-state index contributed by atoms with van der Waals surface area (Å²) in [5.41, 5.74) is 1.62. The molecule has 0 radical (unpaired) electrons. The van der Waals surface area contributed by atoms with Crippen LogP contribution in [0.2, 0.25) is 10.0 Å². The number of carbonyl (C=O) groups excluding carboxylic acids is 1. The molecule has 0 spiro atoms. The summed E-state index contributed by atoms with van der Waals surface area (Å²) in [6.07, 6.45) is -4.53. The maximum Gasteiger partial charge on any atom is 0.438 e. The van der Waals surface area contributed by atoms with Crippen molar-refractivity contribution in [2.75, 3.05) is 0 Å². The average Bonchev–Trinajstić information content (AvgIpc) is 3.52. The first-order chi connectivity index (χ1) is 19.5. The molecule has 0 aliphatic carbocycles. The Morgan fingerprint density at radius 2 is 1.73 bits per heavy atom. The highest BCUT2D eigenvalue weighted by molar-refractivity contribution is 6.32. The molecule has 3 aromatic carbocycles. The third-order valence-corrected chi connectivity index (χ3v) is 6.88. The molecule has 8 nitrogen and oxygen atoms in total. The van der Waals surface area contributed by atoms with E-state index in [-0.39, 0.29) is 17.9 Å². The third kappa shape index (κ3) is 6.06. The molecule has 1 atom stereocenters. The molecule has 210 valence electrons. The molecular formula is C28H20Cl2F3N5O3. The molecule has 0 aliphatic heterocycles. The van der Waals surface area contributed by atoms with Crippen LogP contribution in [0.5, 0.6) is 0 Å². The first-order valence-electron chi connectivity index (χ1n) is 12.2. The zero-order chi connectivity index (χ0) is 29.3. The van der Waals surface area contributed by atoms with Gasteiger partial charge in [0.2, 0.25) is 0 Å². The lowest BCUT2D eigenvalue weighted by Crippen LogP contribution is -2.28. The number of nitrogens with zero attached hydrogens (tertiary/aromatic N) is 3. The van der Waals surface area contributed by atoms with Crippen molar-refractivity contribution in [3.8, 4) is 16.9 Å². The Kier molecular flexibility index (Phi) is 7.74. The number of alkyl halides is 3. The number of aromatic nitrogens is 4. The van der Waals surface area contributed by atoms with E-state index >= 15 is 0 Å². The minimum Gasteiger partial charge on any atom is -0.344 e. The van der Waals surface area contributed by atoms with Gasteiger partial charge in [0.05, 0.1) is 28.0 Å². The van der Waals surface area contributed by atoms with Crippen molar-refractivity contribution in [2.24, 2.45) is 0 Å². The van der Waals surface area contributed by atoms with Crippen LogP contribution in [0.15, 0.2) is 82.1 Å². The Hall–Kier alpha value is -4.35. The Morgan fingerprint density at radius 3 is 2.34 bits per heavy atom. The van der Waals surface area contributed by atoms with Crippen molar-refractivity contribution < 1.29 is 22.5 Å². The molecular weight excluding hydrogens is 582 g/mol. The summed E-state index contributed by atoms with van der Waals surface area (Å²) in [6, 6.07) is 17.6. The van der Waals surface area contributed by atoms with Gasteiger partial charge in [0.1, 0.15) is 0 Å². The molecule has 2 heterocycles. The van der Waals surface area contributed by atoms with E-state index in [9.17, 15) is 22.8 Å². The fourth-order valence-electron chi connectivity index (χ4n) is 4.32. The minimum atomic E-state index is -4.48. The maximum absolute atomic E-state index is 13.7. The highest BCUT2D eigenvalue weighted by atomic mass is 35.5. The van der Waals surface area contributed by atoms with Gasteiger partial charge in [-0.3, -0.25) is 14.3 Å². The van der Waals surface area contributed by atoms with E-state index < -0.39 is 29.4 Å². The third-order valence-electron chi connectivity index (χ3n) is 6.31. The summed E-state index contributed by atoms with van der Waals surface area (Å²) in [5, 5.41) is 12.0. The molecule has 0 aliphatic rings. The number of rotatable bonds is 7. The molecule has 0 saturated heterocycles. The van der Waals surface area contributed by atoms with Crippen LogP contribution in [0.3, 0.4) is 0 Å². The van der Waals surface area contributed by atoms with Gasteiger partial charge in [0, 0.05) is 22.6 Å². The molecule has 0 fully saturated rings. The molecule has 0 saturated carbocycles. The summed E-state index contributed by atoms with van der Waals surface area (Å²) in [4.78, 5) is 27.8. The number of amides is 1. The van der Waals surface area contributed by atoms with Crippen LogP contribution in [-0.2, 0) is 12.6 Å².